The molecule has 0 aliphatic carbocycles. The molecule has 5 nitrogen and oxygen atoms in total. The fraction of sp³-hybridized carbons (Fsp3) is 0.556. The number of rotatable bonds is 1. The summed E-state index contributed by atoms with van der Waals surface area (Å²) >= 11 is 0. The highest BCUT2D eigenvalue weighted by molar-refractivity contribution is 6.07. The van der Waals surface area contributed by atoms with Gasteiger partial charge in [0.2, 0.25) is 11.8 Å². The highest BCUT2D eigenvalue weighted by atomic mass is 16.5. The largest absolute Gasteiger partial charge is 0.393 e. The molecule has 2 fully saturated rings. The van der Waals surface area contributed by atoms with Crippen LogP contribution in [-0.4, -0.2) is 35.2 Å². The van der Waals surface area contributed by atoms with Crippen molar-refractivity contribution in [2.24, 2.45) is 11.8 Å². The van der Waals surface area contributed by atoms with Crippen molar-refractivity contribution in [3.05, 3.63) is 12.2 Å². The molecule has 14 heavy (non-hydrogen) atoms. The lowest BCUT2D eigenvalue weighted by molar-refractivity contribution is -0.131. The Morgan fingerprint density at radius 1 is 1.50 bits per heavy atom. The Hall–Kier alpha value is -1.20. The SMILES string of the molecule is O=C1NC(=O)[C@H]2[C@H]1[C@H]1C=C[C@@]2(CO)O1. The van der Waals surface area contributed by atoms with Gasteiger partial charge in [0, 0.05) is 0 Å². The van der Waals surface area contributed by atoms with E-state index >= 15 is 0 Å². The maximum Gasteiger partial charge on any atom is 0.233 e. The van der Waals surface area contributed by atoms with Crippen molar-refractivity contribution in [1.29, 1.82) is 0 Å². The second-order valence-corrected chi connectivity index (χ2v) is 3.91. The summed E-state index contributed by atoms with van der Waals surface area (Å²) in [6.07, 6.45) is 3.09. The van der Waals surface area contributed by atoms with Crippen LogP contribution in [0.1, 0.15) is 0 Å². The number of carbonyl (C=O) groups excluding carboxylic acids is 2. The lowest BCUT2D eigenvalue weighted by Gasteiger charge is -2.24. The predicted molar refractivity (Wildman–Crippen MR) is 44.0 cm³/mol. The smallest absolute Gasteiger partial charge is 0.233 e. The van der Waals surface area contributed by atoms with Crippen LogP contribution in [0.4, 0.5) is 0 Å². The van der Waals surface area contributed by atoms with Gasteiger partial charge in [0.1, 0.15) is 5.60 Å². The molecular formula is C9H9NO4. The molecule has 2 amide bonds. The van der Waals surface area contributed by atoms with Crippen LogP contribution < -0.4 is 5.32 Å². The van der Waals surface area contributed by atoms with Crippen LogP contribution >= 0.6 is 0 Å². The van der Waals surface area contributed by atoms with Gasteiger partial charge in [-0.3, -0.25) is 14.9 Å². The third-order valence-electron chi connectivity index (χ3n) is 3.24. The summed E-state index contributed by atoms with van der Waals surface area (Å²) in [7, 11) is 0. The van der Waals surface area contributed by atoms with Gasteiger partial charge in [-0.2, -0.15) is 0 Å². The number of imide groups is 1. The van der Waals surface area contributed by atoms with Crippen molar-refractivity contribution in [3.63, 3.8) is 0 Å². The normalized spacial score (nSPS) is 48.5. The maximum atomic E-state index is 11.5. The minimum absolute atomic E-state index is 0.262. The molecule has 3 aliphatic rings. The third-order valence-corrected chi connectivity index (χ3v) is 3.24. The van der Waals surface area contributed by atoms with Crippen LogP contribution in [0.5, 0.6) is 0 Å². The van der Waals surface area contributed by atoms with Crippen LogP contribution in [0.25, 0.3) is 0 Å². The second kappa shape index (κ2) is 2.24. The summed E-state index contributed by atoms with van der Waals surface area (Å²) in [6.45, 7) is -0.262. The van der Waals surface area contributed by atoms with E-state index < -0.39 is 17.4 Å². The second-order valence-electron chi connectivity index (χ2n) is 3.91. The van der Waals surface area contributed by atoms with Gasteiger partial charge in [0.15, 0.2) is 0 Å². The highest BCUT2D eigenvalue weighted by Gasteiger charge is 2.65. The van der Waals surface area contributed by atoms with E-state index in [2.05, 4.69) is 5.32 Å². The first-order valence-electron chi connectivity index (χ1n) is 4.51. The van der Waals surface area contributed by atoms with E-state index in [9.17, 15) is 14.7 Å². The number of aliphatic hydroxyl groups excluding tert-OH is 1. The van der Waals surface area contributed by atoms with Crippen molar-refractivity contribution in [2.45, 2.75) is 11.7 Å². The lowest BCUT2D eigenvalue weighted by Crippen LogP contribution is -2.42. The van der Waals surface area contributed by atoms with Crippen LogP contribution in [0.15, 0.2) is 12.2 Å². The Labute approximate surface area is 79.7 Å². The van der Waals surface area contributed by atoms with Crippen LogP contribution in [0, 0.1) is 11.8 Å². The first kappa shape index (κ1) is 8.14. The molecule has 4 atom stereocenters. The Morgan fingerprint density at radius 3 is 3.00 bits per heavy atom. The van der Waals surface area contributed by atoms with Gasteiger partial charge < -0.3 is 9.84 Å². The summed E-state index contributed by atoms with van der Waals surface area (Å²) in [5.74, 6) is -1.61. The van der Waals surface area contributed by atoms with Crippen LogP contribution in [0.3, 0.4) is 0 Å². The van der Waals surface area contributed by atoms with Crippen molar-refractivity contribution < 1.29 is 19.4 Å². The van der Waals surface area contributed by atoms with Gasteiger partial charge in [-0.05, 0) is 0 Å². The number of hydrogen-bond donors (Lipinski definition) is 2. The minimum atomic E-state index is -0.953. The van der Waals surface area contributed by atoms with E-state index in [1.165, 1.54) is 0 Å². The molecule has 2 bridgehead atoms. The molecule has 0 spiro atoms. The Bertz CT molecular complexity index is 364. The average molecular weight is 195 g/mol. The molecule has 0 radical (unpaired) electrons. The van der Waals surface area contributed by atoms with Crippen molar-refractivity contribution in [3.8, 4) is 0 Å². The predicted octanol–water partition coefficient (Wildman–Crippen LogP) is -1.43. The molecule has 0 aromatic carbocycles. The molecule has 2 saturated heterocycles. The fourth-order valence-corrected chi connectivity index (χ4v) is 2.61. The quantitative estimate of drug-likeness (QED) is 0.397. The molecule has 3 rings (SSSR count). The first-order valence-corrected chi connectivity index (χ1v) is 4.51. The zero-order valence-corrected chi connectivity index (χ0v) is 7.27. The average Bonchev–Trinajstić information content (AvgIpc) is 2.78. The summed E-state index contributed by atoms with van der Waals surface area (Å²) in [4.78, 5) is 22.8. The molecule has 74 valence electrons. The molecule has 0 aromatic heterocycles. The molecule has 3 heterocycles. The summed E-state index contributed by atoms with van der Waals surface area (Å²) in [6, 6.07) is 0. The van der Waals surface area contributed by atoms with E-state index in [1.807, 2.05) is 0 Å². The van der Waals surface area contributed by atoms with Crippen LogP contribution in [0.2, 0.25) is 0 Å². The maximum absolute atomic E-state index is 11.5. The highest BCUT2D eigenvalue weighted by Crippen LogP contribution is 2.49. The third kappa shape index (κ3) is 0.689. The Kier molecular flexibility index (Phi) is 1.30. The molecule has 3 aliphatic heterocycles. The van der Waals surface area contributed by atoms with Crippen LogP contribution in [-0.2, 0) is 14.3 Å². The van der Waals surface area contributed by atoms with E-state index in [-0.39, 0.29) is 24.5 Å². The van der Waals surface area contributed by atoms with Gasteiger partial charge in [-0.25, -0.2) is 0 Å². The van der Waals surface area contributed by atoms with Gasteiger partial charge >= 0.3 is 0 Å². The molecular weight excluding hydrogens is 186 g/mol. The number of carbonyl (C=O) groups is 2. The van der Waals surface area contributed by atoms with Crippen molar-refractivity contribution in [2.75, 3.05) is 6.61 Å². The van der Waals surface area contributed by atoms with Gasteiger partial charge in [-0.15, -0.1) is 0 Å². The summed E-state index contributed by atoms with van der Waals surface area (Å²) < 4.78 is 5.47. The van der Waals surface area contributed by atoms with Gasteiger partial charge in [-0.1, -0.05) is 12.2 Å². The topological polar surface area (TPSA) is 75.6 Å². The number of amides is 2. The lowest BCUT2D eigenvalue weighted by atomic mass is 9.77. The first-order chi connectivity index (χ1) is 6.68. The zero-order valence-electron chi connectivity index (χ0n) is 7.27. The van der Waals surface area contributed by atoms with Gasteiger partial charge in [0.05, 0.1) is 24.5 Å². The van der Waals surface area contributed by atoms with E-state index in [4.69, 9.17) is 4.74 Å². The van der Waals surface area contributed by atoms with Crippen molar-refractivity contribution in [1.82, 2.24) is 5.32 Å². The van der Waals surface area contributed by atoms with Crippen molar-refractivity contribution >= 4 is 11.8 Å². The van der Waals surface area contributed by atoms with E-state index in [0.717, 1.165) is 0 Å². The molecule has 0 unspecified atom stereocenters. The summed E-state index contributed by atoms with van der Waals surface area (Å²) in [5.41, 5.74) is -0.953. The molecule has 5 heteroatoms. The fourth-order valence-electron chi connectivity index (χ4n) is 2.61. The Morgan fingerprint density at radius 2 is 2.29 bits per heavy atom. The molecule has 0 saturated carbocycles. The van der Waals surface area contributed by atoms with E-state index in [1.54, 1.807) is 12.2 Å². The number of fused-ring (bicyclic) bond motifs is 5. The summed E-state index contributed by atoms with van der Waals surface area (Å²) in [5, 5.41) is 11.5. The molecule has 0 aromatic rings. The number of aliphatic hydroxyl groups is 1. The molecule has 2 N–H and O–H groups in total. The number of ether oxygens (including phenoxy) is 1. The number of nitrogens with one attached hydrogen (secondary N) is 1. The van der Waals surface area contributed by atoms with E-state index in [0.29, 0.717) is 0 Å². The standard InChI is InChI=1S/C9H9NO4/c11-3-9-2-1-4(14-9)5-6(9)8(13)10-7(5)12/h1-2,4-6,11H,3H2,(H,10,12,13)/t4-,5-,6-,9+/m1/s1. The zero-order chi connectivity index (χ0) is 9.92. The minimum Gasteiger partial charge on any atom is -0.393 e. The van der Waals surface area contributed by atoms with Gasteiger partial charge in [0.25, 0.3) is 0 Å². The monoisotopic (exact) mass is 195 g/mol. The number of hydrogen-bond acceptors (Lipinski definition) is 4. The Balaban J connectivity index is 2.10.